The Balaban J connectivity index is 1.35. The van der Waals surface area contributed by atoms with Gasteiger partial charge in [-0.25, -0.2) is 4.39 Å². The molecule has 0 N–H and O–H groups in total. The van der Waals surface area contributed by atoms with Crippen LogP contribution in [0, 0.1) is 5.82 Å². The molecular weight excluding hydrogens is 383 g/mol. The number of aromatic nitrogens is 4. The molecule has 0 saturated carbocycles. The zero-order valence-electron chi connectivity index (χ0n) is 16.6. The Hall–Kier alpha value is -3.68. The third kappa shape index (κ3) is 3.41. The first-order valence-corrected chi connectivity index (χ1v) is 9.83. The van der Waals surface area contributed by atoms with Crippen molar-refractivity contribution in [3.8, 4) is 17.1 Å². The van der Waals surface area contributed by atoms with Gasteiger partial charge in [0.2, 0.25) is 0 Å². The van der Waals surface area contributed by atoms with E-state index in [2.05, 4.69) is 32.1 Å². The van der Waals surface area contributed by atoms with Crippen molar-refractivity contribution >= 4 is 17.2 Å². The van der Waals surface area contributed by atoms with Gasteiger partial charge in [0.15, 0.2) is 11.5 Å². The van der Waals surface area contributed by atoms with Gasteiger partial charge in [-0.2, -0.15) is 4.52 Å². The van der Waals surface area contributed by atoms with Crippen molar-refractivity contribution in [1.29, 1.82) is 0 Å². The molecule has 30 heavy (non-hydrogen) atoms. The summed E-state index contributed by atoms with van der Waals surface area (Å²) in [5.41, 5.74) is 2.63. The van der Waals surface area contributed by atoms with E-state index in [1.165, 1.54) is 17.8 Å². The fourth-order valence-electron chi connectivity index (χ4n) is 3.71. The van der Waals surface area contributed by atoms with Gasteiger partial charge in [-0.05, 0) is 60.7 Å². The van der Waals surface area contributed by atoms with E-state index in [-0.39, 0.29) is 5.82 Å². The topological polar surface area (TPSA) is 58.8 Å². The number of fused-ring (bicyclic) bond motifs is 1. The van der Waals surface area contributed by atoms with E-state index in [0.717, 1.165) is 43.3 Å². The summed E-state index contributed by atoms with van der Waals surface area (Å²) in [5.74, 6) is 2.06. The molecule has 2 aromatic heterocycles. The minimum atomic E-state index is -0.282. The second-order valence-electron chi connectivity index (χ2n) is 7.16. The Morgan fingerprint density at radius 2 is 1.50 bits per heavy atom. The average molecular weight is 404 g/mol. The minimum Gasteiger partial charge on any atom is -0.497 e. The molecule has 1 aliphatic heterocycles. The van der Waals surface area contributed by atoms with Crippen molar-refractivity contribution in [2.24, 2.45) is 0 Å². The summed E-state index contributed by atoms with van der Waals surface area (Å²) in [7, 11) is 1.68. The lowest BCUT2D eigenvalue weighted by atomic mass is 10.2. The summed E-state index contributed by atoms with van der Waals surface area (Å²) in [6.07, 6.45) is 0. The maximum absolute atomic E-state index is 13.3. The molecule has 0 amide bonds. The van der Waals surface area contributed by atoms with Gasteiger partial charge in [0, 0.05) is 37.4 Å². The fraction of sp³-hybridized carbons (Fsp3) is 0.227. The van der Waals surface area contributed by atoms with Gasteiger partial charge in [0.1, 0.15) is 17.4 Å². The summed E-state index contributed by atoms with van der Waals surface area (Å²) in [4.78, 5) is 4.62. The second kappa shape index (κ2) is 7.62. The van der Waals surface area contributed by atoms with Gasteiger partial charge < -0.3 is 14.5 Å². The van der Waals surface area contributed by atoms with Crippen LogP contribution < -0.4 is 14.5 Å². The molecule has 0 spiro atoms. The zero-order valence-corrected chi connectivity index (χ0v) is 16.6. The Labute approximate surface area is 173 Å². The summed E-state index contributed by atoms with van der Waals surface area (Å²) in [5, 5.41) is 13.2. The van der Waals surface area contributed by atoms with Crippen LogP contribution in [0.3, 0.4) is 0 Å². The predicted molar refractivity (Wildman–Crippen MR) is 114 cm³/mol. The quantitative estimate of drug-likeness (QED) is 0.520. The van der Waals surface area contributed by atoms with E-state index < -0.39 is 0 Å². The van der Waals surface area contributed by atoms with Crippen LogP contribution in [0.5, 0.6) is 5.75 Å². The fourth-order valence-corrected chi connectivity index (χ4v) is 3.71. The summed E-state index contributed by atoms with van der Waals surface area (Å²) >= 11 is 0. The van der Waals surface area contributed by atoms with Gasteiger partial charge in [-0.15, -0.1) is 15.3 Å². The lowest BCUT2D eigenvalue weighted by molar-refractivity contribution is 0.415. The maximum atomic E-state index is 13.3. The highest BCUT2D eigenvalue weighted by molar-refractivity contribution is 5.60. The first-order valence-electron chi connectivity index (χ1n) is 9.83. The number of hydrogen-bond donors (Lipinski definition) is 0. The molecule has 0 bridgehead atoms. The molecule has 3 heterocycles. The highest BCUT2D eigenvalue weighted by Crippen LogP contribution is 2.23. The van der Waals surface area contributed by atoms with E-state index in [0.29, 0.717) is 11.5 Å². The lowest BCUT2D eigenvalue weighted by Gasteiger charge is -2.36. The molecule has 1 fully saturated rings. The van der Waals surface area contributed by atoms with E-state index in [9.17, 15) is 4.39 Å². The SMILES string of the molecule is COc1ccc(N2CCN(c3ccc4nnc(-c5ccc(F)cc5)n4n3)CC2)cc1. The van der Waals surface area contributed by atoms with Crippen LogP contribution in [-0.4, -0.2) is 53.1 Å². The first-order chi connectivity index (χ1) is 14.7. The van der Waals surface area contributed by atoms with Gasteiger partial charge in [-0.3, -0.25) is 0 Å². The summed E-state index contributed by atoms with van der Waals surface area (Å²) in [6, 6.07) is 18.2. The highest BCUT2D eigenvalue weighted by Gasteiger charge is 2.20. The highest BCUT2D eigenvalue weighted by atomic mass is 19.1. The molecule has 0 atom stereocenters. The monoisotopic (exact) mass is 404 g/mol. The van der Waals surface area contributed by atoms with E-state index in [1.807, 2.05) is 24.3 Å². The minimum absolute atomic E-state index is 0.282. The van der Waals surface area contributed by atoms with E-state index in [4.69, 9.17) is 9.84 Å². The van der Waals surface area contributed by atoms with Crippen LogP contribution in [0.1, 0.15) is 0 Å². The number of rotatable bonds is 4. The van der Waals surface area contributed by atoms with Crippen LogP contribution in [0.4, 0.5) is 15.9 Å². The van der Waals surface area contributed by atoms with Crippen molar-refractivity contribution < 1.29 is 9.13 Å². The molecule has 2 aromatic carbocycles. The number of hydrogen-bond acceptors (Lipinski definition) is 6. The zero-order chi connectivity index (χ0) is 20.5. The van der Waals surface area contributed by atoms with E-state index >= 15 is 0 Å². The van der Waals surface area contributed by atoms with Crippen LogP contribution >= 0.6 is 0 Å². The Bertz CT molecular complexity index is 1150. The van der Waals surface area contributed by atoms with Crippen LogP contribution in [0.25, 0.3) is 17.0 Å². The lowest BCUT2D eigenvalue weighted by Crippen LogP contribution is -2.47. The summed E-state index contributed by atoms with van der Waals surface area (Å²) in [6.45, 7) is 3.52. The van der Waals surface area contributed by atoms with Gasteiger partial charge in [0.05, 0.1) is 7.11 Å². The molecule has 5 rings (SSSR count). The number of methoxy groups -OCH3 is 1. The van der Waals surface area contributed by atoms with Crippen molar-refractivity contribution in [3.05, 3.63) is 66.5 Å². The maximum Gasteiger partial charge on any atom is 0.185 e. The molecule has 8 heteroatoms. The number of ether oxygens (including phenoxy) is 1. The number of anilines is 2. The first kappa shape index (κ1) is 18.4. The Morgan fingerprint density at radius 1 is 0.800 bits per heavy atom. The molecule has 0 radical (unpaired) electrons. The van der Waals surface area contributed by atoms with Crippen LogP contribution in [-0.2, 0) is 0 Å². The number of halogens is 1. The molecule has 0 aliphatic carbocycles. The van der Waals surface area contributed by atoms with Gasteiger partial charge >= 0.3 is 0 Å². The number of benzene rings is 2. The van der Waals surface area contributed by atoms with Crippen molar-refractivity contribution in [1.82, 2.24) is 19.8 Å². The molecule has 1 aliphatic rings. The average Bonchev–Trinajstić information content (AvgIpc) is 3.23. The molecule has 0 unspecified atom stereocenters. The number of nitrogens with zero attached hydrogens (tertiary/aromatic N) is 6. The molecule has 4 aromatic rings. The van der Waals surface area contributed by atoms with Crippen molar-refractivity contribution in [2.45, 2.75) is 0 Å². The van der Waals surface area contributed by atoms with Gasteiger partial charge in [-0.1, -0.05) is 0 Å². The van der Waals surface area contributed by atoms with Crippen LogP contribution in [0.2, 0.25) is 0 Å². The molecule has 152 valence electrons. The Kier molecular flexibility index (Phi) is 4.66. The van der Waals surface area contributed by atoms with Crippen LogP contribution in [0.15, 0.2) is 60.7 Å². The largest absolute Gasteiger partial charge is 0.497 e. The van der Waals surface area contributed by atoms with E-state index in [1.54, 1.807) is 23.8 Å². The molecule has 1 saturated heterocycles. The predicted octanol–water partition coefficient (Wildman–Crippen LogP) is 3.27. The third-order valence-electron chi connectivity index (χ3n) is 5.39. The van der Waals surface area contributed by atoms with Crippen molar-refractivity contribution in [2.75, 3.05) is 43.1 Å². The summed E-state index contributed by atoms with van der Waals surface area (Å²) < 4.78 is 20.2. The number of piperazine rings is 1. The second-order valence-corrected chi connectivity index (χ2v) is 7.16. The normalized spacial score (nSPS) is 14.3. The Morgan fingerprint density at radius 3 is 2.20 bits per heavy atom. The smallest absolute Gasteiger partial charge is 0.185 e. The standard InChI is InChI=1S/C22H21FN6O/c1-30-19-8-6-18(7-9-19)27-12-14-28(15-13-27)21-11-10-20-24-25-22(29(20)26-21)16-2-4-17(23)5-3-16/h2-11H,12-15H2,1H3. The van der Waals surface area contributed by atoms with Gasteiger partial charge in [0.25, 0.3) is 0 Å². The molecular formula is C22H21FN6O. The molecule has 7 nitrogen and oxygen atoms in total. The third-order valence-corrected chi connectivity index (χ3v) is 5.39. The van der Waals surface area contributed by atoms with Crippen molar-refractivity contribution in [3.63, 3.8) is 0 Å².